The number of aryl methyl sites for hydroxylation is 1. The van der Waals surface area contributed by atoms with Crippen molar-refractivity contribution in [1.29, 1.82) is 0 Å². The van der Waals surface area contributed by atoms with Crippen molar-refractivity contribution < 1.29 is 17.9 Å². The lowest BCUT2D eigenvalue weighted by Crippen LogP contribution is -2.36. The molecule has 0 saturated heterocycles. The molecule has 0 saturated carbocycles. The third-order valence-electron chi connectivity index (χ3n) is 5.12. The zero-order chi connectivity index (χ0) is 20.3. The van der Waals surface area contributed by atoms with E-state index in [9.17, 15) is 13.2 Å². The van der Waals surface area contributed by atoms with E-state index in [1.807, 2.05) is 17.0 Å². The number of benzene rings is 2. The predicted molar refractivity (Wildman–Crippen MR) is 108 cm³/mol. The van der Waals surface area contributed by atoms with Gasteiger partial charge in [0.2, 0.25) is 15.9 Å². The molecule has 2 aromatic rings. The second kappa shape index (κ2) is 8.32. The van der Waals surface area contributed by atoms with Gasteiger partial charge in [-0.05, 0) is 47.7 Å². The standard InChI is InChI=1S/C21H26N2O4S/c1-22(2)28(25,26)19-9-10-20(27-3)17(14-19)8-11-21(24)23-13-12-16-6-4-5-7-18(16)15-23/h4-7,9-10,14H,8,11-13,15H2,1-3H3. The van der Waals surface area contributed by atoms with Gasteiger partial charge in [0.25, 0.3) is 0 Å². The second-order valence-electron chi connectivity index (χ2n) is 7.10. The monoisotopic (exact) mass is 402 g/mol. The van der Waals surface area contributed by atoms with Crippen LogP contribution < -0.4 is 4.74 Å². The molecule has 1 aliphatic heterocycles. The number of sulfonamides is 1. The van der Waals surface area contributed by atoms with Gasteiger partial charge in [-0.2, -0.15) is 0 Å². The fourth-order valence-electron chi connectivity index (χ4n) is 3.43. The fraction of sp³-hybridized carbons (Fsp3) is 0.381. The number of hydrogen-bond donors (Lipinski definition) is 0. The lowest BCUT2D eigenvalue weighted by atomic mass is 9.99. The molecular weight excluding hydrogens is 376 g/mol. The molecule has 7 heteroatoms. The third kappa shape index (κ3) is 4.20. The maximum Gasteiger partial charge on any atom is 0.242 e. The van der Waals surface area contributed by atoms with Gasteiger partial charge in [-0.15, -0.1) is 0 Å². The number of fused-ring (bicyclic) bond motifs is 1. The Hall–Kier alpha value is -2.38. The minimum absolute atomic E-state index is 0.0671. The molecule has 3 rings (SSSR count). The van der Waals surface area contributed by atoms with E-state index in [1.54, 1.807) is 19.2 Å². The molecule has 0 bridgehead atoms. The van der Waals surface area contributed by atoms with Gasteiger partial charge < -0.3 is 9.64 Å². The fourth-order valence-corrected chi connectivity index (χ4v) is 4.38. The van der Waals surface area contributed by atoms with Gasteiger partial charge in [0.15, 0.2) is 0 Å². The summed E-state index contributed by atoms with van der Waals surface area (Å²) in [5.74, 6) is 0.659. The SMILES string of the molecule is COc1ccc(S(=O)(=O)N(C)C)cc1CCC(=O)N1CCc2ccccc2C1. The van der Waals surface area contributed by atoms with Crippen LogP contribution in [0.2, 0.25) is 0 Å². The van der Waals surface area contributed by atoms with Gasteiger partial charge in [0.05, 0.1) is 12.0 Å². The number of nitrogens with zero attached hydrogens (tertiary/aromatic N) is 2. The van der Waals surface area contributed by atoms with Gasteiger partial charge >= 0.3 is 0 Å². The Morgan fingerprint density at radius 1 is 1.14 bits per heavy atom. The molecule has 150 valence electrons. The van der Waals surface area contributed by atoms with Crippen LogP contribution in [0.3, 0.4) is 0 Å². The summed E-state index contributed by atoms with van der Waals surface area (Å²) in [5.41, 5.74) is 3.21. The van der Waals surface area contributed by atoms with Crippen molar-refractivity contribution in [2.75, 3.05) is 27.7 Å². The summed E-state index contributed by atoms with van der Waals surface area (Å²) in [5, 5.41) is 0. The molecule has 6 nitrogen and oxygen atoms in total. The molecule has 1 heterocycles. The highest BCUT2D eigenvalue weighted by Gasteiger charge is 2.22. The number of amides is 1. The summed E-state index contributed by atoms with van der Waals surface area (Å²) in [6, 6.07) is 13.0. The van der Waals surface area contributed by atoms with Crippen LogP contribution in [0.4, 0.5) is 0 Å². The Bertz CT molecular complexity index is 970. The van der Waals surface area contributed by atoms with Gasteiger partial charge in [-0.3, -0.25) is 4.79 Å². The van der Waals surface area contributed by atoms with Crippen molar-refractivity contribution in [2.24, 2.45) is 0 Å². The maximum absolute atomic E-state index is 12.7. The second-order valence-corrected chi connectivity index (χ2v) is 9.25. The minimum atomic E-state index is -3.53. The van der Waals surface area contributed by atoms with Gasteiger partial charge in [0.1, 0.15) is 5.75 Å². The quantitative estimate of drug-likeness (QED) is 0.744. The lowest BCUT2D eigenvalue weighted by Gasteiger charge is -2.29. The van der Waals surface area contributed by atoms with E-state index in [1.165, 1.54) is 35.6 Å². The average molecular weight is 403 g/mol. The topological polar surface area (TPSA) is 66.9 Å². The summed E-state index contributed by atoms with van der Waals surface area (Å²) in [7, 11) is 1.00. The van der Waals surface area contributed by atoms with Crippen molar-refractivity contribution in [1.82, 2.24) is 9.21 Å². The molecule has 0 aliphatic carbocycles. The molecule has 0 N–H and O–H groups in total. The van der Waals surface area contributed by atoms with Crippen molar-refractivity contribution in [2.45, 2.75) is 30.7 Å². The largest absolute Gasteiger partial charge is 0.496 e. The lowest BCUT2D eigenvalue weighted by molar-refractivity contribution is -0.132. The number of ether oxygens (including phenoxy) is 1. The molecule has 0 spiro atoms. The van der Waals surface area contributed by atoms with Crippen LogP contribution in [0.25, 0.3) is 0 Å². The minimum Gasteiger partial charge on any atom is -0.496 e. The zero-order valence-electron chi connectivity index (χ0n) is 16.5. The Labute approximate surface area is 166 Å². The maximum atomic E-state index is 12.7. The van der Waals surface area contributed by atoms with Crippen molar-refractivity contribution >= 4 is 15.9 Å². The smallest absolute Gasteiger partial charge is 0.242 e. The molecular formula is C21H26N2O4S. The normalized spacial score (nSPS) is 14.1. The predicted octanol–water partition coefficient (Wildman–Crippen LogP) is 2.46. The van der Waals surface area contributed by atoms with Crippen LogP contribution in [-0.2, 0) is 34.2 Å². The van der Waals surface area contributed by atoms with E-state index in [0.29, 0.717) is 31.7 Å². The van der Waals surface area contributed by atoms with E-state index in [2.05, 4.69) is 12.1 Å². The molecule has 2 aromatic carbocycles. The van der Waals surface area contributed by atoms with Crippen LogP contribution in [-0.4, -0.2) is 51.3 Å². The van der Waals surface area contributed by atoms with Crippen molar-refractivity contribution in [3.8, 4) is 5.75 Å². The summed E-state index contributed by atoms with van der Waals surface area (Å²) in [4.78, 5) is 14.8. The molecule has 0 radical (unpaired) electrons. The van der Waals surface area contributed by atoms with Crippen LogP contribution >= 0.6 is 0 Å². The Morgan fingerprint density at radius 2 is 1.86 bits per heavy atom. The molecule has 0 atom stereocenters. The summed E-state index contributed by atoms with van der Waals surface area (Å²) in [6.07, 6.45) is 1.60. The third-order valence-corrected chi connectivity index (χ3v) is 6.93. The van der Waals surface area contributed by atoms with Crippen molar-refractivity contribution in [3.63, 3.8) is 0 Å². The Morgan fingerprint density at radius 3 is 2.54 bits per heavy atom. The van der Waals surface area contributed by atoms with Crippen LogP contribution in [0.15, 0.2) is 47.4 Å². The summed E-state index contributed by atoms with van der Waals surface area (Å²) < 4.78 is 31.3. The van der Waals surface area contributed by atoms with Crippen LogP contribution in [0, 0.1) is 0 Å². The first kappa shape index (κ1) is 20.4. The summed E-state index contributed by atoms with van der Waals surface area (Å²) >= 11 is 0. The molecule has 1 amide bonds. The average Bonchev–Trinajstić information content (AvgIpc) is 2.71. The van der Waals surface area contributed by atoms with E-state index in [-0.39, 0.29) is 10.8 Å². The van der Waals surface area contributed by atoms with Gasteiger partial charge in [0, 0.05) is 33.6 Å². The summed E-state index contributed by atoms with van der Waals surface area (Å²) in [6.45, 7) is 1.34. The number of rotatable bonds is 6. The number of carbonyl (C=O) groups excluding carboxylic acids is 1. The van der Waals surface area contributed by atoms with E-state index in [4.69, 9.17) is 4.74 Å². The highest BCUT2D eigenvalue weighted by atomic mass is 32.2. The first-order chi connectivity index (χ1) is 13.3. The Kier molecular flexibility index (Phi) is 6.05. The highest BCUT2D eigenvalue weighted by Crippen LogP contribution is 2.26. The van der Waals surface area contributed by atoms with E-state index < -0.39 is 10.0 Å². The molecule has 1 aliphatic rings. The molecule has 28 heavy (non-hydrogen) atoms. The first-order valence-electron chi connectivity index (χ1n) is 9.27. The van der Waals surface area contributed by atoms with E-state index >= 15 is 0 Å². The first-order valence-corrected chi connectivity index (χ1v) is 10.7. The number of methoxy groups -OCH3 is 1. The van der Waals surface area contributed by atoms with Crippen molar-refractivity contribution in [3.05, 3.63) is 59.2 Å². The Balaban J connectivity index is 1.72. The number of carbonyl (C=O) groups is 1. The van der Waals surface area contributed by atoms with E-state index in [0.717, 1.165) is 12.0 Å². The molecule has 0 aromatic heterocycles. The van der Waals surface area contributed by atoms with Gasteiger partial charge in [-0.1, -0.05) is 24.3 Å². The number of hydrogen-bond acceptors (Lipinski definition) is 4. The zero-order valence-corrected chi connectivity index (χ0v) is 17.3. The highest BCUT2D eigenvalue weighted by molar-refractivity contribution is 7.89. The van der Waals surface area contributed by atoms with Crippen LogP contribution in [0.5, 0.6) is 5.75 Å². The van der Waals surface area contributed by atoms with Gasteiger partial charge in [-0.25, -0.2) is 12.7 Å². The molecule has 0 fully saturated rings. The van der Waals surface area contributed by atoms with Crippen LogP contribution in [0.1, 0.15) is 23.1 Å². The molecule has 0 unspecified atom stereocenters.